The van der Waals surface area contributed by atoms with E-state index >= 15 is 0 Å². The third-order valence-electron chi connectivity index (χ3n) is 2.55. The van der Waals surface area contributed by atoms with Crippen molar-refractivity contribution in [1.29, 1.82) is 5.26 Å². The average molecular weight is 337 g/mol. The van der Waals surface area contributed by atoms with E-state index in [4.69, 9.17) is 11.0 Å². The number of nitrogens with zero attached hydrogens (tertiary/aromatic N) is 1. The summed E-state index contributed by atoms with van der Waals surface area (Å²) in [7, 11) is 0. The molecule has 2 nitrogen and oxygen atoms in total. The largest absolute Gasteiger partial charge is 0.398 e. The molecule has 0 radical (unpaired) electrons. The molecule has 5 heteroatoms. The third kappa shape index (κ3) is 3.49. The van der Waals surface area contributed by atoms with Crippen LogP contribution in [0.2, 0.25) is 0 Å². The first-order valence-corrected chi connectivity index (χ1v) is 7.24. The zero-order valence-electron chi connectivity index (χ0n) is 9.86. The van der Waals surface area contributed by atoms with Crippen molar-refractivity contribution in [2.75, 3.05) is 5.73 Å². The Labute approximate surface area is 123 Å². The molecule has 0 bridgehead atoms. The van der Waals surface area contributed by atoms with E-state index in [0.29, 0.717) is 22.6 Å². The maximum atomic E-state index is 13.2. The van der Waals surface area contributed by atoms with Gasteiger partial charge in [0, 0.05) is 20.8 Å². The van der Waals surface area contributed by atoms with Gasteiger partial charge in [0.2, 0.25) is 0 Å². The molecule has 0 aromatic heterocycles. The molecule has 2 aromatic rings. The minimum Gasteiger partial charge on any atom is -0.398 e. The van der Waals surface area contributed by atoms with Gasteiger partial charge in [-0.3, -0.25) is 0 Å². The van der Waals surface area contributed by atoms with Crippen LogP contribution >= 0.6 is 27.7 Å². The van der Waals surface area contributed by atoms with Gasteiger partial charge in [-0.25, -0.2) is 4.39 Å². The molecule has 0 aliphatic heterocycles. The number of nitriles is 1. The number of hydrogen-bond acceptors (Lipinski definition) is 3. The Hall–Kier alpha value is -1.51. The fraction of sp³-hybridized carbons (Fsp3) is 0.0714. The predicted molar refractivity (Wildman–Crippen MR) is 79.2 cm³/mol. The highest BCUT2D eigenvalue weighted by Gasteiger charge is 2.07. The van der Waals surface area contributed by atoms with Gasteiger partial charge in [-0.1, -0.05) is 15.9 Å². The van der Waals surface area contributed by atoms with Gasteiger partial charge in [0.25, 0.3) is 0 Å². The quantitative estimate of drug-likeness (QED) is 0.670. The number of nitrogen functional groups attached to an aromatic ring is 1. The molecular formula is C14H10BrFN2S. The van der Waals surface area contributed by atoms with Crippen molar-refractivity contribution in [3.63, 3.8) is 0 Å². The minimum absolute atomic E-state index is 0.336. The average Bonchev–Trinajstić information content (AvgIpc) is 2.40. The van der Waals surface area contributed by atoms with Gasteiger partial charge in [-0.2, -0.15) is 5.26 Å². The predicted octanol–water partition coefficient (Wildman–Crippen LogP) is 4.33. The molecule has 0 aliphatic rings. The second-order valence-corrected chi connectivity index (χ2v) is 5.82. The zero-order valence-corrected chi connectivity index (χ0v) is 12.3. The fourth-order valence-electron chi connectivity index (χ4n) is 1.58. The SMILES string of the molecule is N#Cc1ccc(F)cc1CSc1cc(Br)ccc1N. The first-order chi connectivity index (χ1) is 9.10. The summed E-state index contributed by atoms with van der Waals surface area (Å²) >= 11 is 4.86. The molecule has 0 saturated carbocycles. The van der Waals surface area contributed by atoms with Gasteiger partial charge >= 0.3 is 0 Å². The summed E-state index contributed by atoms with van der Waals surface area (Å²) in [6.45, 7) is 0. The zero-order chi connectivity index (χ0) is 13.8. The van der Waals surface area contributed by atoms with E-state index in [2.05, 4.69) is 22.0 Å². The number of benzene rings is 2. The standard InChI is InChI=1S/C14H10BrFN2S/c15-11-2-4-13(18)14(6-11)19-8-10-5-12(16)3-1-9(10)7-17/h1-6H,8,18H2. The summed E-state index contributed by atoms with van der Waals surface area (Å²) in [5.41, 5.74) is 7.70. The Bertz CT molecular complexity index is 652. The van der Waals surface area contributed by atoms with Gasteiger partial charge in [0.1, 0.15) is 5.82 Å². The molecule has 2 aromatic carbocycles. The van der Waals surface area contributed by atoms with Crippen molar-refractivity contribution in [3.05, 3.63) is 57.8 Å². The van der Waals surface area contributed by atoms with E-state index in [9.17, 15) is 4.39 Å². The van der Waals surface area contributed by atoms with Gasteiger partial charge in [-0.15, -0.1) is 11.8 Å². The summed E-state index contributed by atoms with van der Waals surface area (Å²) in [6.07, 6.45) is 0. The van der Waals surface area contributed by atoms with E-state index in [1.807, 2.05) is 18.2 Å². The van der Waals surface area contributed by atoms with Gasteiger partial charge in [0.05, 0.1) is 11.6 Å². The lowest BCUT2D eigenvalue weighted by Crippen LogP contribution is -1.92. The van der Waals surface area contributed by atoms with Gasteiger partial charge in [0.15, 0.2) is 0 Å². The summed E-state index contributed by atoms with van der Waals surface area (Å²) in [5.74, 6) is 0.165. The molecule has 0 fully saturated rings. The Balaban J connectivity index is 2.21. The molecule has 96 valence electrons. The van der Waals surface area contributed by atoms with Crippen LogP contribution in [0.3, 0.4) is 0 Å². The first kappa shape index (κ1) is 13.9. The van der Waals surface area contributed by atoms with Gasteiger partial charge < -0.3 is 5.73 Å². The van der Waals surface area contributed by atoms with E-state index in [-0.39, 0.29) is 5.82 Å². The molecule has 2 rings (SSSR count). The van der Waals surface area contributed by atoms with E-state index < -0.39 is 0 Å². The van der Waals surface area contributed by atoms with Crippen molar-refractivity contribution in [3.8, 4) is 6.07 Å². The number of anilines is 1. The lowest BCUT2D eigenvalue weighted by atomic mass is 10.1. The third-order valence-corrected chi connectivity index (χ3v) is 4.16. The Kier molecular flexibility index (Phi) is 4.46. The topological polar surface area (TPSA) is 49.8 Å². The molecule has 0 amide bonds. The summed E-state index contributed by atoms with van der Waals surface area (Å²) < 4.78 is 14.1. The van der Waals surface area contributed by atoms with Crippen LogP contribution in [-0.4, -0.2) is 0 Å². The smallest absolute Gasteiger partial charge is 0.123 e. The van der Waals surface area contributed by atoms with Crippen LogP contribution in [0, 0.1) is 17.1 Å². The highest BCUT2D eigenvalue weighted by molar-refractivity contribution is 9.10. The number of thioether (sulfide) groups is 1. The van der Waals surface area contributed by atoms with E-state index in [1.165, 1.54) is 30.0 Å². The van der Waals surface area contributed by atoms with E-state index in [0.717, 1.165) is 9.37 Å². The number of halogens is 2. The lowest BCUT2D eigenvalue weighted by molar-refractivity contribution is 0.626. The van der Waals surface area contributed by atoms with Crippen LogP contribution in [0.1, 0.15) is 11.1 Å². The van der Waals surface area contributed by atoms with Crippen LogP contribution < -0.4 is 5.73 Å². The van der Waals surface area contributed by atoms with Gasteiger partial charge in [-0.05, 0) is 42.0 Å². The van der Waals surface area contributed by atoms with Crippen LogP contribution in [0.5, 0.6) is 0 Å². The summed E-state index contributed by atoms with van der Waals surface area (Å²) in [4.78, 5) is 0.905. The Morgan fingerprint density at radius 3 is 2.79 bits per heavy atom. The monoisotopic (exact) mass is 336 g/mol. The second kappa shape index (κ2) is 6.09. The van der Waals surface area contributed by atoms with Crippen molar-refractivity contribution in [2.45, 2.75) is 10.6 Å². The Morgan fingerprint density at radius 2 is 2.05 bits per heavy atom. The van der Waals surface area contributed by atoms with Crippen LogP contribution in [0.25, 0.3) is 0 Å². The van der Waals surface area contributed by atoms with Crippen molar-refractivity contribution in [1.82, 2.24) is 0 Å². The molecule has 0 spiro atoms. The van der Waals surface area contributed by atoms with E-state index in [1.54, 1.807) is 0 Å². The summed E-state index contributed by atoms with van der Waals surface area (Å²) in [5, 5.41) is 8.99. The lowest BCUT2D eigenvalue weighted by Gasteiger charge is -2.07. The van der Waals surface area contributed by atoms with Crippen LogP contribution in [-0.2, 0) is 5.75 Å². The molecule has 0 saturated heterocycles. The van der Waals surface area contributed by atoms with Crippen molar-refractivity contribution >= 4 is 33.4 Å². The number of rotatable bonds is 3. The molecular weight excluding hydrogens is 327 g/mol. The molecule has 0 heterocycles. The molecule has 2 N–H and O–H groups in total. The number of nitrogens with two attached hydrogens (primary N) is 1. The highest BCUT2D eigenvalue weighted by atomic mass is 79.9. The maximum absolute atomic E-state index is 13.2. The molecule has 0 aliphatic carbocycles. The molecule has 19 heavy (non-hydrogen) atoms. The van der Waals surface area contributed by atoms with Crippen molar-refractivity contribution < 1.29 is 4.39 Å². The maximum Gasteiger partial charge on any atom is 0.123 e. The normalized spacial score (nSPS) is 10.2. The fourth-order valence-corrected chi connectivity index (χ4v) is 3.09. The van der Waals surface area contributed by atoms with Crippen LogP contribution in [0.4, 0.5) is 10.1 Å². The highest BCUT2D eigenvalue weighted by Crippen LogP contribution is 2.31. The Morgan fingerprint density at radius 1 is 1.26 bits per heavy atom. The summed E-state index contributed by atoms with van der Waals surface area (Å²) in [6, 6.07) is 11.8. The van der Waals surface area contributed by atoms with Crippen LogP contribution in [0.15, 0.2) is 45.8 Å². The number of hydrogen-bond donors (Lipinski definition) is 1. The second-order valence-electron chi connectivity index (χ2n) is 3.88. The van der Waals surface area contributed by atoms with Crippen molar-refractivity contribution in [2.24, 2.45) is 0 Å². The molecule has 0 atom stereocenters. The minimum atomic E-state index is -0.336. The molecule has 0 unspecified atom stereocenters. The first-order valence-electron chi connectivity index (χ1n) is 5.46.